The first-order valence-electron chi connectivity index (χ1n) is 6.02. The van der Waals surface area contributed by atoms with Crippen molar-refractivity contribution in [3.05, 3.63) is 46.0 Å². The normalized spacial score (nSPS) is 10.5. The van der Waals surface area contributed by atoms with Crippen molar-refractivity contribution in [2.24, 2.45) is 0 Å². The summed E-state index contributed by atoms with van der Waals surface area (Å²) in [6, 6.07) is 5.61. The molecule has 2 rings (SSSR count). The molecule has 0 radical (unpaired) electrons. The highest BCUT2D eigenvalue weighted by Gasteiger charge is 2.09. The van der Waals surface area contributed by atoms with Gasteiger partial charge in [0.2, 0.25) is 0 Å². The summed E-state index contributed by atoms with van der Waals surface area (Å²) in [4.78, 5) is 12.1. The Kier molecular flexibility index (Phi) is 4.31. The topological polar surface area (TPSA) is 59.8 Å². The molecule has 19 heavy (non-hydrogen) atoms. The molecule has 0 unspecified atom stereocenters. The van der Waals surface area contributed by atoms with E-state index in [1.165, 1.54) is 0 Å². The van der Waals surface area contributed by atoms with Crippen molar-refractivity contribution in [1.82, 2.24) is 20.1 Å². The summed E-state index contributed by atoms with van der Waals surface area (Å²) in [5.41, 5.74) is 1.67. The maximum Gasteiger partial charge on any atom is 0.251 e. The molecule has 0 aliphatic heterocycles. The van der Waals surface area contributed by atoms with Crippen LogP contribution in [0.25, 0.3) is 0 Å². The largest absolute Gasteiger partial charge is 0.345 e. The number of benzene rings is 1. The standard InChI is InChI=1S/C13H15BrN4O/c1-3-18-8-16-17-12(18)7-15-13(19)10-4-9(2)5-11(14)6-10/h4-6,8H,3,7H2,1-2H3,(H,15,19). The zero-order valence-corrected chi connectivity index (χ0v) is 12.4. The number of amides is 1. The fourth-order valence-corrected chi connectivity index (χ4v) is 2.42. The molecular weight excluding hydrogens is 308 g/mol. The van der Waals surface area contributed by atoms with Crippen molar-refractivity contribution >= 4 is 21.8 Å². The van der Waals surface area contributed by atoms with Crippen LogP contribution in [0.1, 0.15) is 28.7 Å². The molecule has 1 amide bonds. The maximum atomic E-state index is 12.1. The molecule has 5 nitrogen and oxygen atoms in total. The molecule has 0 aliphatic rings. The van der Waals surface area contributed by atoms with Crippen LogP contribution in [0.5, 0.6) is 0 Å². The Balaban J connectivity index is 2.05. The van der Waals surface area contributed by atoms with Crippen LogP contribution in [-0.4, -0.2) is 20.7 Å². The molecule has 0 spiro atoms. The van der Waals surface area contributed by atoms with Crippen LogP contribution >= 0.6 is 15.9 Å². The highest BCUT2D eigenvalue weighted by atomic mass is 79.9. The van der Waals surface area contributed by atoms with E-state index in [4.69, 9.17) is 0 Å². The summed E-state index contributed by atoms with van der Waals surface area (Å²) in [5.74, 6) is 0.637. The van der Waals surface area contributed by atoms with E-state index in [1.807, 2.05) is 30.5 Å². The van der Waals surface area contributed by atoms with Crippen LogP contribution in [0, 0.1) is 6.92 Å². The third-order valence-corrected chi connectivity index (χ3v) is 3.21. The smallest absolute Gasteiger partial charge is 0.251 e. The number of nitrogens with one attached hydrogen (secondary N) is 1. The van der Waals surface area contributed by atoms with E-state index >= 15 is 0 Å². The van der Waals surface area contributed by atoms with Crippen molar-refractivity contribution in [3.8, 4) is 0 Å². The first-order valence-corrected chi connectivity index (χ1v) is 6.81. The number of rotatable bonds is 4. The second-order valence-corrected chi connectivity index (χ2v) is 5.15. The van der Waals surface area contributed by atoms with Gasteiger partial charge in [-0.25, -0.2) is 0 Å². The summed E-state index contributed by atoms with van der Waals surface area (Å²) in [7, 11) is 0. The average Bonchev–Trinajstić information content (AvgIpc) is 2.82. The Labute approximate surface area is 120 Å². The SMILES string of the molecule is CCn1cnnc1CNC(=O)c1cc(C)cc(Br)c1. The molecule has 1 N–H and O–H groups in total. The van der Waals surface area contributed by atoms with Gasteiger partial charge in [0.05, 0.1) is 6.54 Å². The fraction of sp³-hybridized carbons (Fsp3) is 0.308. The predicted molar refractivity (Wildman–Crippen MR) is 75.7 cm³/mol. The van der Waals surface area contributed by atoms with Gasteiger partial charge in [-0.05, 0) is 37.6 Å². The van der Waals surface area contributed by atoms with Gasteiger partial charge in [0.25, 0.3) is 5.91 Å². The van der Waals surface area contributed by atoms with E-state index in [9.17, 15) is 4.79 Å². The molecule has 100 valence electrons. The van der Waals surface area contributed by atoms with Crippen LogP contribution in [0.3, 0.4) is 0 Å². The van der Waals surface area contributed by atoms with Crippen LogP contribution in [-0.2, 0) is 13.1 Å². The van der Waals surface area contributed by atoms with E-state index in [0.29, 0.717) is 12.1 Å². The molecule has 1 aromatic heterocycles. The van der Waals surface area contributed by atoms with Gasteiger partial charge >= 0.3 is 0 Å². The summed E-state index contributed by atoms with van der Waals surface area (Å²) in [6.45, 7) is 5.12. The van der Waals surface area contributed by atoms with Gasteiger partial charge < -0.3 is 9.88 Å². The second-order valence-electron chi connectivity index (χ2n) is 4.23. The number of halogens is 1. The van der Waals surface area contributed by atoms with Gasteiger partial charge in [-0.2, -0.15) is 0 Å². The second kappa shape index (κ2) is 5.97. The van der Waals surface area contributed by atoms with Crippen LogP contribution < -0.4 is 5.32 Å². The highest BCUT2D eigenvalue weighted by molar-refractivity contribution is 9.10. The lowest BCUT2D eigenvalue weighted by molar-refractivity contribution is 0.0949. The molecule has 6 heteroatoms. The van der Waals surface area contributed by atoms with Crippen molar-refractivity contribution < 1.29 is 4.79 Å². The maximum absolute atomic E-state index is 12.1. The lowest BCUT2D eigenvalue weighted by Gasteiger charge is -2.07. The first-order chi connectivity index (χ1) is 9.10. The fourth-order valence-electron chi connectivity index (χ4n) is 1.81. The Morgan fingerprint density at radius 1 is 1.42 bits per heavy atom. The molecular formula is C13H15BrN4O. The minimum atomic E-state index is -0.116. The van der Waals surface area contributed by atoms with Crippen molar-refractivity contribution in [3.63, 3.8) is 0 Å². The molecule has 0 fully saturated rings. The summed E-state index contributed by atoms with van der Waals surface area (Å²) < 4.78 is 2.79. The van der Waals surface area contributed by atoms with Crippen molar-refractivity contribution in [1.29, 1.82) is 0 Å². The molecule has 0 bridgehead atoms. The summed E-state index contributed by atoms with van der Waals surface area (Å²) in [5, 5.41) is 10.7. The summed E-state index contributed by atoms with van der Waals surface area (Å²) >= 11 is 3.39. The Bertz CT molecular complexity index is 574. The Morgan fingerprint density at radius 2 is 2.21 bits per heavy atom. The lowest BCUT2D eigenvalue weighted by Crippen LogP contribution is -2.24. The van der Waals surface area contributed by atoms with Gasteiger partial charge in [0.1, 0.15) is 6.33 Å². The molecule has 1 aromatic carbocycles. The molecule has 0 saturated carbocycles. The zero-order valence-electron chi connectivity index (χ0n) is 10.9. The minimum Gasteiger partial charge on any atom is -0.345 e. The van der Waals surface area contributed by atoms with E-state index in [2.05, 4.69) is 31.4 Å². The third kappa shape index (κ3) is 3.41. The van der Waals surface area contributed by atoms with E-state index in [0.717, 1.165) is 22.4 Å². The van der Waals surface area contributed by atoms with Gasteiger partial charge in [-0.3, -0.25) is 4.79 Å². The Morgan fingerprint density at radius 3 is 2.89 bits per heavy atom. The van der Waals surface area contributed by atoms with Gasteiger partial charge in [0, 0.05) is 16.6 Å². The minimum absolute atomic E-state index is 0.116. The van der Waals surface area contributed by atoms with E-state index < -0.39 is 0 Å². The zero-order chi connectivity index (χ0) is 13.8. The average molecular weight is 323 g/mol. The highest BCUT2D eigenvalue weighted by Crippen LogP contribution is 2.15. The number of aryl methyl sites for hydroxylation is 2. The van der Waals surface area contributed by atoms with E-state index in [1.54, 1.807) is 12.4 Å². The third-order valence-electron chi connectivity index (χ3n) is 2.75. The monoisotopic (exact) mass is 322 g/mol. The number of hydrogen-bond acceptors (Lipinski definition) is 3. The van der Waals surface area contributed by atoms with Crippen molar-refractivity contribution in [2.75, 3.05) is 0 Å². The first kappa shape index (κ1) is 13.7. The molecule has 1 heterocycles. The summed E-state index contributed by atoms with van der Waals surface area (Å²) in [6.07, 6.45) is 1.66. The predicted octanol–water partition coefficient (Wildman–Crippen LogP) is 2.30. The molecule has 0 atom stereocenters. The molecule has 0 saturated heterocycles. The number of hydrogen-bond donors (Lipinski definition) is 1. The van der Waals surface area contributed by atoms with Gasteiger partial charge in [0.15, 0.2) is 5.82 Å². The van der Waals surface area contributed by atoms with E-state index in [-0.39, 0.29) is 5.91 Å². The van der Waals surface area contributed by atoms with Crippen LogP contribution in [0.2, 0.25) is 0 Å². The number of carbonyl (C=O) groups excluding carboxylic acids is 1. The number of nitrogens with zero attached hydrogens (tertiary/aromatic N) is 3. The van der Waals surface area contributed by atoms with Gasteiger partial charge in [-0.1, -0.05) is 15.9 Å². The molecule has 2 aromatic rings. The quantitative estimate of drug-likeness (QED) is 0.939. The van der Waals surface area contributed by atoms with Crippen LogP contribution in [0.15, 0.2) is 29.0 Å². The van der Waals surface area contributed by atoms with Crippen LogP contribution in [0.4, 0.5) is 0 Å². The van der Waals surface area contributed by atoms with Gasteiger partial charge in [-0.15, -0.1) is 10.2 Å². The molecule has 0 aliphatic carbocycles. The number of carbonyl (C=O) groups is 1. The lowest BCUT2D eigenvalue weighted by atomic mass is 10.1. The number of aromatic nitrogens is 3. The van der Waals surface area contributed by atoms with Crippen molar-refractivity contribution in [2.45, 2.75) is 26.9 Å². The Hall–Kier alpha value is -1.69.